The molecule has 21 heavy (non-hydrogen) atoms. The molecule has 0 spiro atoms. The van der Waals surface area contributed by atoms with Crippen molar-refractivity contribution in [3.05, 3.63) is 35.4 Å². The van der Waals surface area contributed by atoms with E-state index in [2.05, 4.69) is 0 Å². The van der Waals surface area contributed by atoms with E-state index in [-0.39, 0.29) is 5.82 Å². The highest BCUT2D eigenvalue weighted by atomic mass is 35.5. The van der Waals surface area contributed by atoms with Crippen molar-refractivity contribution >= 4 is 11.6 Å². The molecule has 0 N–H and O–H groups in total. The molecule has 0 amide bonds. The van der Waals surface area contributed by atoms with Gasteiger partial charge >= 0.3 is 0 Å². The Morgan fingerprint density at radius 2 is 1.62 bits per heavy atom. The Kier molecular flexibility index (Phi) is 3.29. The molecule has 5 rings (SSSR count). The molecule has 1 aromatic carbocycles. The van der Waals surface area contributed by atoms with Gasteiger partial charge in [0.05, 0.1) is 5.38 Å². The van der Waals surface area contributed by atoms with Crippen LogP contribution >= 0.6 is 11.6 Å². The monoisotopic (exact) mass is 310 g/mol. The first-order chi connectivity index (χ1) is 10.0. The van der Waals surface area contributed by atoms with Gasteiger partial charge < -0.3 is 0 Å². The van der Waals surface area contributed by atoms with Crippen molar-refractivity contribution in [2.45, 2.75) is 50.3 Å². The molecule has 4 fully saturated rings. The summed E-state index contributed by atoms with van der Waals surface area (Å²) in [6, 6.07) is 3.63. The van der Waals surface area contributed by atoms with Crippen LogP contribution in [0.4, 0.5) is 8.78 Å². The molecule has 0 saturated heterocycles. The van der Waals surface area contributed by atoms with E-state index in [0.29, 0.717) is 11.0 Å². The van der Waals surface area contributed by atoms with E-state index in [1.54, 1.807) is 0 Å². The normalized spacial score (nSPS) is 38.7. The van der Waals surface area contributed by atoms with Crippen LogP contribution in [-0.2, 0) is 0 Å². The van der Waals surface area contributed by atoms with E-state index in [9.17, 15) is 8.78 Å². The van der Waals surface area contributed by atoms with Crippen LogP contribution in [0, 0.1) is 34.8 Å². The van der Waals surface area contributed by atoms with Gasteiger partial charge in [0.15, 0.2) is 0 Å². The minimum Gasteiger partial charge on any atom is -0.207 e. The van der Waals surface area contributed by atoms with Crippen LogP contribution in [0.25, 0.3) is 0 Å². The molecule has 0 nitrogen and oxygen atoms in total. The second-order valence-corrected chi connectivity index (χ2v) is 8.28. The van der Waals surface area contributed by atoms with Gasteiger partial charge in [0.1, 0.15) is 11.6 Å². The maximum Gasteiger partial charge on any atom is 0.128 e. The minimum atomic E-state index is -0.406. The molecule has 1 unspecified atom stereocenters. The first kappa shape index (κ1) is 14.0. The van der Waals surface area contributed by atoms with Crippen LogP contribution in [0.5, 0.6) is 0 Å². The topological polar surface area (TPSA) is 0 Å². The third kappa shape index (κ3) is 2.50. The fourth-order valence-corrected chi connectivity index (χ4v) is 6.28. The van der Waals surface area contributed by atoms with Gasteiger partial charge in [0, 0.05) is 5.56 Å². The van der Waals surface area contributed by atoms with Crippen molar-refractivity contribution in [2.75, 3.05) is 0 Å². The van der Waals surface area contributed by atoms with Crippen LogP contribution in [-0.4, -0.2) is 0 Å². The summed E-state index contributed by atoms with van der Waals surface area (Å²) in [5, 5.41) is -0.406. The SMILES string of the molecule is Fc1ccc(F)c(C(Cl)CC23CC4CC(CC(C4)C2)C3)c1. The number of hydrogen-bond donors (Lipinski definition) is 0. The molecule has 4 bridgehead atoms. The maximum atomic E-state index is 13.9. The van der Waals surface area contributed by atoms with E-state index < -0.39 is 11.2 Å². The highest BCUT2D eigenvalue weighted by Gasteiger charge is 2.51. The lowest BCUT2D eigenvalue weighted by Crippen LogP contribution is -2.46. The summed E-state index contributed by atoms with van der Waals surface area (Å²) in [6.07, 6.45) is 8.72. The van der Waals surface area contributed by atoms with Crippen molar-refractivity contribution in [2.24, 2.45) is 23.2 Å². The first-order valence-corrected chi connectivity index (χ1v) is 8.56. The number of rotatable bonds is 3. The van der Waals surface area contributed by atoms with Crippen LogP contribution in [0.1, 0.15) is 55.9 Å². The summed E-state index contributed by atoms with van der Waals surface area (Å²) in [4.78, 5) is 0. The summed E-state index contributed by atoms with van der Waals surface area (Å²) in [6.45, 7) is 0. The summed E-state index contributed by atoms with van der Waals surface area (Å²) in [7, 11) is 0. The molecule has 4 aliphatic carbocycles. The van der Waals surface area contributed by atoms with Crippen LogP contribution in [0.3, 0.4) is 0 Å². The Morgan fingerprint density at radius 3 is 2.19 bits per heavy atom. The molecule has 0 radical (unpaired) electrons. The third-order valence-electron chi connectivity index (χ3n) is 6.07. The molecule has 3 heteroatoms. The highest BCUT2D eigenvalue weighted by Crippen LogP contribution is 2.62. The number of alkyl halides is 1. The van der Waals surface area contributed by atoms with Gasteiger partial charge in [0.25, 0.3) is 0 Å². The summed E-state index contributed by atoms with van der Waals surface area (Å²) < 4.78 is 27.3. The number of halogens is 3. The highest BCUT2D eigenvalue weighted by molar-refractivity contribution is 6.20. The van der Waals surface area contributed by atoms with Gasteiger partial charge in [-0.05, 0) is 86.3 Å². The van der Waals surface area contributed by atoms with Crippen molar-refractivity contribution < 1.29 is 8.78 Å². The zero-order valence-electron chi connectivity index (χ0n) is 12.1. The lowest BCUT2D eigenvalue weighted by molar-refractivity contribution is -0.0577. The fraction of sp³-hybridized carbons (Fsp3) is 0.667. The molecule has 0 aliphatic heterocycles. The second-order valence-electron chi connectivity index (χ2n) is 7.76. The first-order valence-electron chi connectivity index (χ1n) is 8.12. The van der Waals surface area contributed by atoms with E-state index >= 15 is 0 Å². The van der Waals surface area contributed by atoms with Crippen molar-refractivity contribution in [1.82, 2.24) is 0 Å². The minimum absolute atomic E-state index is 0.292. The van der Waals surface area contributed by atoms with E-state index in [1.165, 1.54) is 50.7 Å². The molecule has 1 aromatic rings. The van der Waals surface area contributed by atoms with E-state index in [0.717, 1.165) is 30.2 Å². The summed E-state index contributed by atoms with van der Waals surface area (Å²) in [5.74, 6) is 1.80. The predicted octanol–water partition coefficient (Wildman–Crippen LogP) is 5.85. The average Bonchev–Trinajstić information content (AvgIpc) is 2.39. The summed E-state index contributed by atoms with van der Waals surface area (Å²) in [5.41, 5.74) is 0.632. The van der Waals surface area contributed by atoms with Crippen molar-refractivity contribution in [3.8, 4) is 0 Å². The van der Waals surface area contributed by atoms with Gasteiger partial charge in [-0.25, -0.2) is 8.78 Å². The fourth-order valence-electron chi connectivity index (χ4n) is 5.78. The molecule has 0 aromatic heterocycles. The van der Waals surface area contributed by atoms with Gasteiger partial charge in [-0.15, -0.1) is 11.6 Å². The molecule has 114 valence electrons. The molecule has 1 atom stereocenters. The molecular weight excluding hydrogens is 290 g/mol. The molecular formula is C18H21ClF2. The smallest absolute Gasteiger partial charge is 0.128 e. The predicted molar refractivity (Wildman–Crippen MR) is 80.2 cm³/mol. The Bertz CT molecular complexity index is 519. The third-order valence-corrected chi connectivity index (χ3v) is 6.46. The zero-order valence-corrected chi connectivity index (χ0v) is 12.9. The lowest BCUT2D eigenvalue weighted by Gasteiger charge is -2.57. The Labute approximate surface area is 129 Å². The zero-order chi connectivity index (χ0) is 14.6. The van der Waals surface area contributed by atoms with Crippen LogP contribution in [0.2, 0.25) is 0 Å². The van der Waals surface area contributed by atoms with Gasteiger partial charge in [-0.3, -0.25) is 0 Å². The van der Waals surface area contributed by atoms with Crippen molar-refractivity contribution in [3.63, 3.8) is 0 Å². The molecule has 4 aliphatic rings. The van der Waals surface area contributed by atoms with Gasteiger partial charge in [-0.2, -0.15) is 0 Å². The Balaban J connectivity index is 1.56. The number of benzene rings is 1. The van der Waals surface area contributed by atoms with Gasteiger partial charge in [0.2, 0.25) is 0 Å². The maximum absolute atomic E-state index is 13.9. The average molecular weight is 311 g/mol. The largest absolute Gasteiger partial charge is 0.207 e. The lowest BCUT2D eigenvalue weighted by atomic mass is 9.48. The van der Waals surface area contributed by atoms with Crippen LogP contribution < -0.4 is 0 Å². The van der Waals surface area contributed by atoms with Gasteiger partial charge in [-0.1, -0.05) is 0 Å². The molecule has 4 saturated carbocycles. The Morgan fingerprint density at radius 1 is 1.05 bits per heavy atom. The summed E-state index contributed by atoms with van der Waals surface area (Å²) >= 11 is 6.51. The second kappa shape index (κ2) is 4.94. The number of hydrogen-bond acceptors (Lipinski definition) is 0. The van der Waals surface area contributed by atoms with Crippen LogP contribution in [0.15, 0.2) is 18.2 Å². The molecule has 0 heterocycles. The standard InChI is InChI=1S/C18H21ClF2/c19-16(15-6-14(20)1-2-17(15)21)10-18-7-11-3-12(8-18)5-13(4-11)9-18/h1-2,6,11-13,16H,3-5,7-10H2. The quantitative estimate of drug-likeness (QED) is 0.614. The Hall–Kier alpha value is -0.630. The van der Waals surface area contributed by atoms with E-state index in [4.69, 9.17) is 11.6 Å². The van der Waals surface area contributed by atoms with Crippen molar-refractivity contribution in [1.29, 1.82) is 0 Å². The van der Waals surface area contributed by atoms with E-state index in [1.807, 2.05) is 0 Å².